The Morgan fingerprint density at radius 3 is 2.08 bits per heavy atom. The Bertz CT molecular complexity index is 179. The van der Waals surface area contributed by atoms with Gasteiger partial charge in [-0.05, 0) is 6.92 Å². The third-order valence-electron chi connectivity index (χ3n) is 1.54. The molecule has 0 aliphatic rings. The Morgan fingerprint density at radius 1 is 1.42 bits per heavy atom. The van der Waals surface area contributed by atoms with Crippen molar-refractivity contribution in [1.82, 2.24) is 0 Å². The molecule has 6 heteroatoms. The maximum Gasteiger partial charge on any atom is 0.643 e. The highest BCUT2D eigenvalue weighted by molar-refractivity contribution is 6.89. The van der Waals surface area contributed by atoms with Crippen molar-refractivity contribution < 1.29 is 22.6 Å². The Hall–Kier alpha value is -0.645. The van der Waals surface area contributed by atoms with Gasteiger partial charge < -0.3 is 17.8 Å². The molecule has 0 aliphatic carbocycles. The van der Waals surface area contributed by atoms with Gasteiger partial charge in [-0.25, -0.2) is 0 Å². The Kier molecular flexibility index (Phi) is 3.21. The van der Waals surface area contributed by atoms with E-state index >= 15 is 0 Å². The molecule has 0 aromatic carbocycles. The molecule has 0 aliphatic heterocycles. The van der Waals surface area contributed by atoms with Crippen LogP contribution in [-0.4, -0.2) is 44.8 Å². The minimum absolute atomic E-state index is 0.0177. The van der Waals surface area contributed by atoms with E-state index < -0.39 is 17.1 Å². The van der Waals surface area contributed by atoms with Crippen molar-refractivity contribution in [3.63, 3.8) is 0 Å². The van der Waals surface area contributed by atoms with Gasteiger partial charge in [0, 0.05) is 21.1 Å². The quantitative estimate of drug-likeness (QED) is 0.613. The molecule has 0 rings (SSSR count). The first-order valence-electron chi connectivity index (χ1n) is 3.73. The van der Waals surface area contributed by atoms with Crippen molar-refractivity contribution in [3.05, 3.63) is 0 Å². The van der Waals surface area contributed by atoms with Crippen LogP contribution < -0.4 is 0 Å². The largest absolute Gasteiger partial charge is 0.643 e. The van der Waals surface area contributed by atoms with Crippen molar-refractivity contribution in [1.29, 1.82) is 0 Å². The first kappa shape index (κ1) is 11.4. The predicted octanol–water partition coefficient (Wildman–Crippen LogP) is 1.31. The van der Waals surface area contributed by atoms with Crippen molar-refractivity contribution in [2.24, 2.45) is 0 Å². The topological polar surface area (TPSA) is 26.3 Å². The van der Waals surface area contributed by atoms with Crippen molar-refractivity contribution in [3.8, 4) is 0 Å². The fourth-order valence-electron chi connectivity index (χ4n) is 0.559. The van der Waals surface area contributed by atoms with Crippen molar-refractivity contribution in [2.75, 3.05) is 27.7 Å². The van der Waals surface area contributed by atoms with Crippen LogP contribution in [0.2, 0.25) is 0 Å². The average molecular weight is 181 g/mol. The first-order valence-corrected chi connectivity index (χ1v) is 3.73. The molecule has 0 radical (unpaired) electrons. The van der Waals surface area contributed by atoms with Gasteiger partial charge in [-0.1, -0.05) is 0 Å². The highest BCUT2D eigenvalue weighted by atomic mass is 19.2. The summed E-state index contributed by atoms with van der Waals surface area (Å²) in [6, 6.07) is 0. The van der Waals surface area contributed by atoms with E-state index in [1.807, 2.05) is 0 Å². The first-order chi connectivity index (χ1) is 5.23. The molecule has 0 unspecified atom stereocenters. The van der Waals surface area contributed by atoms with Gasteiger partial charge in [-0.3, -0.25) is 4.79 Å². The van der Waals surface area contributed by atoms with E-state index in [0.29, 0.717) is 0 Å². The monoisotopic (exact) mass is 181 g/mol. The highest BCUT2D eigenvalue weighted by Gasteiger charge is 2.51. The van der Waals surface area contributed by atoms with Gasteiger partial charge in [0.1, 0.15) is 0 Å². The second-order valence-corrected chi connectivity index (χ2v) is 3.49. The molecule has 0 saturated carbocycles. The molecule has 0 heterocycles. The molecule has 0 amide bonds. The third-order valence-corrected chi connectivity index (χ3v) is 1.54. The zero-order chi connectivity index (χ0) is 9.99. The number of ether oxygens (including phenoxy) is 1. The van der Waals surface area contributed by atoms with Crippen LogP contribution in [0.1, 0.15) is 6.92 Å². The third kappa shape index (κ3) is 2.17. The minimum atomic E-state index is -4.14. The second kappa shape index (κ2) is 3.39. The van der Waals surface area contributed by atoms with E-state index in [-0.39, 0.29) is 6.61 Å². The summed E-state index contributed by atoms with van der Waals surface area (Å²) in [5.41, 5.74) is 0. The summed E-state index contributed by atoms with van der Waals surface area (Å²) in [6.07, 6.45) is 0. The molecule has 12 heavy (non-hydrogen) atoms. The molecule has 0 saturated heterocycles. The van der Waals surface area contributed by atoms with Gasteiger partial charge in [0.25, 0.3) is 5.87 Å². The van der Waals surface area contributed by atoms with Crippen LogP contribution in [0.3, 0.4) is 0 Å². The van der Waals surface area contributed by atoms with Crippen LogP contribution >= 0.6 is 0 Å². The molecular formula is C6H14BF2NO2. The summed E-state index contributed by atoms with van der Waals surface area (Å²) < 4.78 is 29.7. The number of carbonyl (C=O) groups is 1. The molecule has 0 N–H and O–H groups in total. The van der Waals surface area contributed by atoms with Gasteiger partial charge in [0.15, 0.2) is 0 Å². The number of nitrogens with zero attached hydrogens (tertiary/aromatic N) is 1. The summed E-state index contributed by atoms with van der Waals surface area (Å²) in [4.78, 5) is 10.8. The van der Waals surface area contributed by atoms with Crippen LogP contribution in [0.25, 0.3) is 0 Å². The fraction of sp³-hybridized carbons (Fsp3) is 0.833. The Balaban J connectivity index is 4.50. The minimum Gasteiger partial charge on any atom is -0.488 e. The number of halogens is 2. The average Bonchev–Trinajstić information content (AvgIpc) is 1.85. The molecule has 0 aromatic rings. The SMILES string of the molecule is CCOC(=O)[B-](F)(F)[N+](C)(C)C. The van der Waals surface area contributed by atoms with E-state index in [1.54, 1.807) is 0 Å². The summed E-state index contributed by atoms with van der Waals surface area (Å²) in [5, 5.41) is 0. The molecule has 0 aromatic heterocycles. The maximum absolute atomic E-state index is 13.1. The van der Waals surface area contributed by atoms with E-state index in [4.69, 9.17) is 0 Å². The van der Waals surface area contributed by atoms with Crippen LogP contribution in [0.15, 0.2) is 0 Å². The van der Waals surface area contributed by atoms with E-state index in [0.717, 1.165) is 0 Å². The molecule has 0 bridgehead atoms. The number of rotatable bonds is 3. The van der Waals surface area contributed by atoms with E-state index in [1.165, 1.54) is 28.1 Å². The molecule has 72 valence electrons. The van der Waals surface area contributed by atoms with E-state index in [2.05, 4.69) is 4.74 Å². The molecule has 3 nitrogen and oxygen atoms in total. The van der Waals surface area contributed by atoms with Crippen molar-refractivity contribution >= 4 is 12.7 Å². The van der Waals surface area contributed by atoms with Crippen LogP contribution in [0, 0.1) is 0 Å². The lowest BCUT2D eigenvalue weighted by Gasteiger charge is -2.39. The summed E-state index contributed by atoms with van der Waals surface area (Å²) >= 11 is 0. The van der Waals surface area contributed by atoms with Gasteiger partial charge >= 0.3 is 6.84 Å². The number of hydrogen-bond acceptors (Lipinski definition) is 2. The Labute approximate surface area is 70.9 Å². The number of carbonyl (C=O) groups excluding carboxylic acids is 1. The summed E-state index contributed by atoms with van der Waals surface area (Å²) in [6.45, 7) is -2.66. The standard InChI is InChI=1S/C6H14BF2NO2/c1-5-12-6(11)7(8,9)10(2,3)4/h5H2,1-4H3. The van der Waals surface area contributed by atoms with Gasteiger partial charge in [-0.15, -0.1) is 0 Å². The lowest BCUT2D eigenvalue weighted by molar-refractivity contribution is -0.778. The lowest BCUT2D eigenvalue weighted by Crippen LogP contribution is -2.61. The molecule has 0 fully saturated rings. The summed E-state index contributed by atoms with van der Waals surface area (Å²) in [5.74, 6) is -1.41. The zero-order valence-electron chi connectivity index (χ0n) is 7.80. The van der Waals surface area contributed by atoms with Gasteiger partial charge in [-0.2, -0.15) is 0 Å². The number of quaternary nitrogens is 1. The smallest absolute Gasteiger partial charge is 0.488 e. The van der Waals surface area contributed by atoms with E-state index in [9.17, 15) is 13.4 Å². The molecule has 0 spiro atoms. The van der Waals surface area contributed by atoms with Gasteiger partial charge in [0.05, 0.1) is 6.61 Å². The van der Waals surface area contributed by atoms with Gasteiger partial charge in [0.2, 0.25) is 0 Å². The second-order valence-electron chi connectivity index (χ2n) is 3.49. The molecule has 0 atom stereocenters. The normalized spacial score (nSPS) is 12.8. The number of hydrogen-bond donors (Lipinski definition) is 0. The zero-order valence-corrected chi connectivity index (χ0v) is 7.80. The Morgan fingerprint density at radius 2 is 1.83 bits per heavy atom. The van der Waals surface area contributed by atoms with Crippen molar-refractivity contribution in [2.45, 2.75) is 6.92 Å². The van der Waals surface area contributed by atoms with Crippen LogP contribution in [0.5, 0.6) is 0 Å². The lowest BCUT2D eigenvalue weighted by atomic mass is 9.75. The van der Waals surface area contributed by atoms with Crippen LogP contribution in [-0.2, 0) is 4.74 Å². The van der Waals surface area contributed by atoms with Crippen LogP contribution in [0.4, 0.5) is 13.4 Å². The predicted molar refractivity (Wildman–Crippen MR) is 43.0 cm³/mol. The maximum atomic E-state index is 13.1. The molecular weight excluding hydrogens is 167 g/mol. The fourth-order valence-corrected chi connectivity index (χ4v) is 0.559. The summed E-state index contributed by atoms with van der Waals surface area (Å²) in [7, 11) is 3.78. The highest BCUT2D eigenvalue weighted by Crippen LogP contribution is 2.19.